The molecule has 4 rings (SSSR count). The Morgan fingerprint density at radius 1 is 1.23 bits per heavy atom. The first-order valence-electron chi connectivity index (χ1n) is 9.70. The molecule has 0 bridgehead atoms. The summed E-state index contributed by atoms with van der Waals surface area (Å²) in [6.45, 7) is 2.00. The molecular weight excluding hydrogens is 403 g/mol. The van der Waals surface area contributed by atoms with Crippen molar-refractivity contribution in [2.75, 3.05) is 16.9 Å². The molecule has 1 saturated heterocycles. The van der Waals surface area contributed by atoms with Gasteiger partial charge in [0.1, 0.15) is 23.2 Å². The van der Waals surface area contributed by atoms with Crippen LogP contribution >= 0.6 is 11.8 Å². The van der Waals surface area contributed by atoms with Gasteiger partial charge in [-0.2, -0.15) is 0 Å². The number of thioether (sulfide) groups is 1. The van der Waals surface area contributed by atoms with E-state index in [0.717, 1.165) is 22.3 Å². The zero-order valence-electron chi connectivity index (χ0n) is 16.4. The lowest BCUT2D eigenvalue weighted by atomic mass is 10.1. The monoisotopic (exact) mass is 424 g/mol. The number of hydrogen-bond donors (Lipinski definition) is 1. The van der Waals surface area contributed by atoms with Gasteiger partial charge in [-0.3, -0.25) is 9.59 Å². The average molecular weight is 424 g/mol. The Morgan fingerprint density at radius 3 is 2.80 bits per heavy atom. The van der Waals surface area contributed by atoms with Gasteiger partial charge in [0.15, 0.2) is 0 Å². The Labute approximate surface area is 177 Å². The van der Waals surface area contributed by atoms with Crippen LogP contribution in [0, 0.1) is 5.82 Å². The smallest absolute Gasteiger partial charge is 0.248 e. The van der Waals surface area contributed by atoms with Gasteiger partial charge in [-0.05, 0) is 24.3 Å². The number of fused-ring (bicyclic) bond motifs is 1. The summed E-state index contributed by atoms with van der Waals surface area (Å²) in [7, 11) is 0. The quantitative estimate of drug-likeness (QED) is 0.604. The van der Waals surface area contributed by atoms with Crippen molar-refractivity contribution in [1.82, 2.24) is 4.90 Å². The minimum atomic E-state index is -0.654. The standard InChI is InChI=1S/C23H21FN2O3S/c1-2-20-16(15-7-3-6-10-21(15)29-20)11-12-22(27)26-14-30-13-19(26)23(28)25-18-9-5-4-8-17(18)24/h3-12,19H,2,13-14H2,1H3,(H,25,28)/b12-11+. The van der Waals surface area contributed by atoms with Crippen LogP contribution in [-0.4, -0.2) is 34.4 Å². The highest BCUT2D eigenvalue weighted by atomic mass is 32.2. The van der Waals surface area contributed by atoms with Crippen molar-refractivity contribution in [3.05, 3.63) is 71.7 Å². The fourth-order valence-corrected chi connectivity index (χ4v) is 4.63. The third-order valence-electron chi connectivity index (χ3n) is 5.02. The summed E-state index contributed by atoms with van der Waals surface area (Å²) in [5.74, 6) is 0.522. The van der Waals surface area contributed by atoms with Crippen molar-refractivity contribution in [1.29, 1.82) is 0 Å². The molecule has 1 aliphatic heterocycles. The van der Waals surface area contributed by atoms with E-state index in [1.54, 1.807) is 18.2 Å². The Hall–Kier alpha value is -3.06. The predicted molar refractivity (Wildman–Crippen MR) is 118 cm³/mol. The zero-order chi connectivity index (χ0) is 21.1. The minimum absolute atomic E-state index is 0.111. The molecule has 1 fully saturated rings. The number of anilines is 1. The van der Waals surface area contributed by atoms with E-state index in [1.165, 1.54) is 34.9 Å². The molecule has 1 atom stereocenters. The number of para-hydroxylation sites is 2. The second-order valence-corrected chi connectivity index (χ2v) is 7.91. The molecule has 1 aromatic heterocycles. The third kappa shape index (κ3) is 3.98. The molecule has 0 spiro atoms. The van der Waals surface area contributed by atoms with Gasteiger partial charge in [0.05, 0.1) is 11.6 Å². The number of hydrogen-bond acceptors (Lipinski definition) is 4. The fourth-order valence-electron chi connectivity index (χ4n) is 3.47. The first-order valence-corrected chi connectivity index (χ1v) is 10.9. The number of rotatable bonds is 5. The van der Waals surface area contributed by atoms with Crippen LogP contribution in [0.1, 0.15) is 18.2 Å². The number of carbonyl (C=O) groups is 2. The van der Waals surface area contributed by atoms with E-state index in [-0.39, 0.29) is 11.6 Å². The van der Waals surface area contributed by atoms with E-state index in [1.807, 2.05) is 31.2 Å². The van der Waals surface area contributed by atoms with Gasteiger partial charge >= 0.3 is 0 Å². The highest BCUT2D eigenvalue weighted by Gasteiger charge is 2.34. The van der Waals surface area contributed by atoms with E-state index in [9.17, 15) is 14.0 Å². The summed E-state index contributed by atoms with van der Waals surface area (Å²) in [6, 6.07) is 13.0. The summed E-state index contributed by atoms with van der Waals surface area (Å²) in [5.41, 5.74) is 1.76. The Bertz CT molecular complexity index is 1120. The van der Waals surface area contributed by atoms with Crippen LogP contribution in [0.2, 0.25) is 0 Å². The number of furan rings is 1. The number of amides is 2. The minimum Gasteiger partial charge on any atom is -0.460 e. The van der Waals surface area contributed by atoms with Gasteiger partial charge in [0, 0.05) is 29.2 Å². The van der Waals surface area contributed by atoms with Crippen molar-refractivity contribution < 1.29 is 18.4 Å². The number of carbonyl (C=O) groups excluding carboxylic acids is 2. The van der Waals surface area contributed by atoms with Crippen molar-refractivity contribution in [3.63, 3.8) is 0 Å². The first-order chi connectivity index (χ1) is 14.6. The number of aryl methyl sites for hydroxylation is 1. The molecular formula is C23H21FN2O3S. The summed E-state index contributed by atoms with van der Waals surface area (Å²) >= 11 is 1.49. The second kappa shape index (κ2) is 8.75. The van der Waals surface area contributed by atoms with E-state index in [0.29, 0.717) is 18.1 Å². The maximum Gasteiger partial charge on any atom is 0.248 e. The zero-order valence-corrected chi connectivity index (χ0v) is 17.2. The lowest BCUT2D eigenvalue weighted by Crippen LogP contribution is -2.44. The molecule has 1 N–H and O–H groups in total. The van der Waals surface area contributed by atoms with Crippen molar-refractivity contribution >= 4 is 46.3 Å². The summed E-state index contributed by atoms with van der Waals surface area (Å²) in [5, 5.41) is 3.54. The van der Waals surface area contributed by atoms with Crippen LogP contribution in [0.4, 0.5) is 10.1 Å². The molecule has 30 heavy (non-hydrogen) atoms. The molecule has 2 aromatic carbocycles. The molecule has 2 heterocycles. The molecule has 0 aliphatic carbocycles. The normalized spacial score (nSPS) is 16.5. The highest BCUT2D eigenvalue weighted by molar-refractivity contribution is 7.99. The lowest BCUT2D eigenvalue weighted by Gasteiger charge is -2.21. The van der Waals surface area contributed by atoms with Gasteiger partial charge in [0.25, 0.3) is 0 Å². The number of nitrogens with one attached hydrogen (secondary N) is 1. The summed E-state index contributed by atoms with van der Waals surface area (Å²) in [6.07, 6.45) is 3.93. The highest BCUT2D eigenvalue weighted by Crippen LogP contribution is 2.28. The third-order valence-corrected chi connectivity index (χ3v) is 6.04. The largest absolute Gasteiger partial charge is 0.460 e. The average Bonchev–Trinajstić information content (AvgIpc) is 3.38. The molecule has 0 radical (unpaired) electrons. The second-order valence-electron chi connectivity index (χ2n) is 6.91. The maximum atomic E-state index is 13.8. The molecule has 1 aliphatic rings. The Balaban J connectivity index is 1.52. The van der Waals surface area contributed by atoms with Crippen molar-refractivity contribution in [2.24, 2.45) is 0 Å². The van der Waals surface area contributed by atoms with E-state index >= 15 is 0 Å². The summed E-state index contributed by atoms with van der Waals surface area (Å²) in [4.78, 5) is 27.0. The van der Waals surface area contributed by atoms with Gasteiger partial charge in [0.2, 0.25) is 11.8 Å². The maximum absolute atomic E-state index is 13.8. The van der Waals surface area contributed by atoms with Crippen LogP contribution in [0.3, 0.4) is 0 Å². The molecule has 154 valence electrons. The molecule has 0 saturated carbocycles. The summed E-state index contributed by atoms with van der Waals surface area (Å²) < 4.78 is 19.7. The van der Waals surface area contributed by atoms with Gasteiger partial charge in [-0.25, -0.2) is 4.39 Å². The fraction of sp³-hybridized carbons (Fsp3) is 0.217. The van der Waals surface area contributed by atoms with Crippen molar-refractivity contribution in [3.8, 4) is 0 Å². The van der Waals surface area contributed by atoms with Gasteiger partial charge < -0.3 is 14.6 Å². The van der Waals surface area contributed by atoms with Crippen LogP contribution < -0.4 is 5.32 Å². The van der Waals surface area contributed by atoms with Crippen LogP contribution in [0.15, 0.2) is 59.0 Å². The Kier molecular flexibility index (Phi) is 5.90. The van der Waals surface area contributed by atoms with Crippen LogP contribution in [0.25, 0.3) is 17.0 Å². The topological polar surface area (TPSA) is 62.6 Å². The molecule has 1 unspecified atom stereocenters. The molecule has 3 aromatic rings. The van der Waals surface area contributed by atoms with Gasteiger partial charge in [-0.15, -0.1) is 11.8 Å². The van der Waals surface area contributed by atoms with E-state index in [4.69, 9.17) is 4.42 Å². The first kappa shape index (κ1) is 20.2. The number of benzene rings is 2. The van der Waals surface area contributed by atoms with E-state index in [2.05, 4.69) is 5.32 Å². The van der Waals surface area contributed by atoms with E-state index < -0.39 is 17.8 Å². The predicted octanol–water partition coefficient (Wildman–Crippen LogP) is 4.69. The Morgan fingerprint density at radius 2 is 2.00 bits per heavy atom. The molecule has 7 heteroatoms. The lowest BCUT2D eigenvalue weighted by molar-refractivity contribution is -0.132. The molecule has 5 nitrogen and oxygen atoms in total. The number of nitrogens with zero attached hydrogens (tertiary/aromatic N) is 1. The van der Waals surface area contributed by atoms with Crippen molar-refractivity contribution in [2.45, 2.75) is 19.4 Å². The van der Waals surface area contributed by atoms with Crippen LogP contribution in [-0.2, 0) is 16.0 Å². The number of halogens is 1. The van der Waals surface area contributed by atoms with Crippen LogP contribution in [0.5, 0.6) is 0 Å². The SMILES string of the molecule is CCc1oc2ccccc2c1/C=C/C(=O)N1CSCC1C(=O)Nc1ccccc1F. The van der Waals surface area contributed by atoms with Gasteiger partial charge in [-0.1, -0.05) is 37.3 Å². The molecule has 2 amide bonds.